The molecule has 1 aliphatic rings. The lowest BCUT2D eigenvalue weighted by Gasteiger charge is -2.21. The van der Waals surface area contributed by atoms with Crippen molar-refractivity contribution in [3.8, 4) is 16.9 Å². The highest BCUT2D eigenvalue weighted by molar-refractivity contribution is 7.92. The van der Waals surface area contributed by atoms with E-state index in [2.05, 4.69) is 4.72 Å². The summed E-state index contributed by atoms with van der Waals surface area (Å²) in [5, 5.41) is 10.1. The number of hydrogen-bond donors (Lipinski definition) is 2. The number of anilines is 1. The van der Waals surface area contributed by atoms with Crippen LogP contribution in [0.15, 0.2) is 53.4 Å². The largest absolute Gasteiger partial charge is 0.588 e. The van der Waals surface area contributed by atoms with Gasteiger partial charge in [-0.05, 0) is 29.7 Å². The van der Waals surface area contributed by atoms with Gasteiger partial charge in [0.1, 0.15) is 22.9 Å². The van der Waals surface area contributed by atoms with Crippen LogP contribution in [0.2, 0.25) is 5.02 Å². The predicted octanol–water partition coefficient (Wildman–Crippen LogP) is 4.75. The third-order valence-corrected chi connectivity index (χ3v) is 6.51. The van der Waals surface area contributed by atoms with Gasteiger partial charge in [-0.3, -0.25) is 4.79 Å². The van der Waals surface area contributed by atoms with Gasteiger partial charge in [0.15, 0.2) is 11.6 Å². The Morgan fingerprint density at radius 3 is 2.65 bits per heavy atom. The Morgan fingerprint density at radius 2 is 1.87 bits per heavy atom. The van der Waals surface area contributed by atoms with E-state index in [-0.39, 0.29) is 26.7 Å². The van der Waals surface area contributed by atoms with Gasteiger partial charge >= 0.3 is 0 Å². The SMILES string of the molecule is CN1CCc2ccccc2-c2cc(c(F)cc2F)N[S+]([O-])c2cc(cc(Cl)c2O)C1=O. The number of fused-ring (bicyclic) bond motifs is 6. The van der Waals surface area contributed by atoms with E-state index in [1.807, 2.05) is 6.07 Å². The number of halogens is 3. The van der Waals surface area contributed by atoms with Crippen molar-refractivity contribution in [2.45, 2.75) is 11.3 Å². The number of likely N-dealkylation sites (N-methyl/N-ethyl adjacent to an activating group) is 1. The Balaban J connectivity index is 1.92. The fourth-order valence-electron chi connectivity index (χ4n) is 3.44. The molecule has 160 valence electrons. The summed E-state index contributed by atoms with van der Waals surface area (Å²) in [6.07, 6.45) is 0.419. The minimum atomic E-state index is -2.18. The number of amides is 1. The van der Waals surface area contributed by atoms with Gasteiger partial charge in [-0.1, -0.05) is 35.9 Å². The lowest BCUT2D eigenvalue weighted by Crippen LogP contribution is -2.29. The molecule has 2 N–H and O–H groups in total. The van der Waals surface area contributed by atoms with Crippen molar-refractivity contribution >= 4 is 34.6 Å². The van der Waals surface area contributed by atoms with Crippen LogP contribution < -0.4 is 4.72 Å². The minimum absolute atomic E-state index is 0.124. The van der Waals surface area contributed by atoms with Gasteiger partial charge in [0, 0.05) is 36.9 Å². The number of aromatic hydroxyl groups is 1. The minimum Gasteiger partial charge on any atom is -0.588 e. The summed E-state index contributed by atoms with van der Waals surface area (Å²) in [6.45, 7) is 0.306. The lowest BCUT2D eigenvalue weighted by molar-refractivity contribution is 0.0796. The fraction of sp³-hybridized carbons (Fsp3) is 0.136. The zero-order valence-corrected chi connectivity index (χ0v) is 17.9. The molecule has 31 heavy (non-hydrogen) atoms. The van der Waals surface area contributed by atoms with Crippen molar-refractivity contribution in [3.05, 3.63) is 76.3 Å². The third kappa shape index (κ3) is 4.06. The molecule has 0 spiro atoms. The second kappa shape index (κ2) is 8.37. The summed E-state index contributed by atoms with van der Waals surface area (Å²) >= 11 is 3.86. The first-order valence-electron chi connectivity index (χ1n) is 9.30. The molecule has 0 radical (unpaired) electrons. The molecule has 0 aliphatic carbocycles. The molecule has 0 fully saturated rings. The molecule has 3 aromatic rings. The van der Waals surface area contributed by atoms with Gasteiger partial charge in [-0.25, -0.2) is 13.5 Å². The Bertz CT molecular complexity index is 1190. The van der Waals surface area contributed by atoms with E-state index in [0.717, 1.165) is 11.6 Å². The lowest BCUT2D eigenvalue weighted by atomic mass is 9.96. The van der Waals surface area contributed by atoms with Crippen LogP contribution in [0, 0.1) is 11.6 Å². The molecule has 1 amide bonds. The number of phenols is 1. The Hall–Kier alpha value is -2.81. The molecule has 1 heterocycles. The number of benzene rings is 3. The molecule has 0 saturated carbocycles. The Morgan fingerprint density at radius 1 is 1.13 bits per heavy atom. The number of carbonyl (C=O) groups excluding carboxylic acids is 1. The van der Waals surface area contributed by atoms with Crippen LogP contribution in [0.3, 0.4) is 0 Å². The summed E-state index contributed by atoms with van der Waals surface area (Å²) < 4.78 is 44.5. The molecule has 9 heteroatoms. The predicted molar refractivity (Wildman–Crippen MR) is 116 cm³/mol. The number of phenolic OH excluding ortho intramolecular Hbond substituents is 1. The van der Waals surface area contributed by atoms with Crippen molar-refractivity contribution in [2.24, 2.45) is 0 Å². The summed E-state index contributed by atoms with van der Waals surface area (Å²) in [7, 11) is 1.60. The molecule has 1 atom stereocenters. The first-order valence-corrected chi connectivity index (χ1v) is 10.8. The van der Waals surface area contributed by atoms with E-state index < -0.39 is 34.7 Å². The number of hydrogen-bond acceptors (Lipinski definition) is 4. The second-order valence-corrected chi connectivity index (χ2v) is 8.71. The zero-order valence-electron chi connectivity index (χ0n) is 16.3. The number of nitrogens with one attached hydrogen (secondary N) is 1. The highest BCUT2D eigenvalue weighted by Gasteiger charge is 2.26. The topological polar surface area (TPSA) is 75.6 Å². The number of nitrogens with zero attached hydrogens (tertiary/aromatic N) is 1. The van der Waals surface area contributed by atoms with Crippen LogP contribution in [-0.4, -0.2) is 34.1 Å². The van der Waals surface area contributed by atoms with Crippen molar-refractivity contribution in [2.75, 3.05) is 18.3 Å². The molecular formula is C22H17ClF2N2O3S. The summed E-state index contributed by atoms with van der Waals surface area (Å²) in [4.78, 5) is 14.1. The first kappa shape index (κ1) is 21.4. The van der Waals surface area contributed by atoms with Gasteiger partial charge in [0.25, 0.3) is 5.91 Å². The maximum atomic E-state index is 14.7. The quantitative estimate of drug-likeness (QED) is 0.472. The molecular weight excluding hydrogens is 446 g/mol. The van der Waals surface area contributed by atoms with Crippen LogP contribution in [0.4, 0.5) is 14.5 Å². The molecule has 4 bridgehead atoms. The molecule has 3 aromatic carbocycles. The molecule has 0 aromatic heterocycles. The van der Waals surface area contributed by atoms with E-state index >= 15 is 0 Å². The maximum absolute atomic E-state index is 14.7. The van der Waals surface area contributed by atoms with E-state index in [1.54, 1.807) is 25.2 Å². The van der Waals surface area contributed by atoms with E-state index in [9.17, 15) is 23.2 Å². The van der Waals surface area contributed by atoms with Gasteiger partial charge in [-0.2, -0.15) is 0 Å². The fourth-order valence-corrected chi connectivity index (χ4v) is 4.70. The summed E-state index contributed by atoms with van der Waals surface area (Å²) in [5.74, 6) is -2.61. The van der Waals surface area contributed by atoms with Gasteiger partial charge < -0.3 is 14.6 Å². The molecule has 5 nitrogen and oxygen atoms in total. The van der Waals surface area contributed by atoms with Crippen molar-refractivity contribution in [3.63, 3.8) is 0 Å². The summed E-state index contributed by atoms with van der Waals surface area (Å²) in [6, 6.07) is 11.5. The van der Waals surface area contributed by atoms with Gasteiger partial charge in [-0.15, -0.1) is 0 Å². The molecule has 1 unspecified atom stereocenters. The van der Waals surface area contributed by atoms with Crippen molar-refractivity contribution < 1.29 is 23.2 Å². The van der Waals surface area contributed by atoms with E-state index in [4.69, 9.17) is 11.6 Å². The first-order chi connectivity index (χ1) is 14.8. The van der Waals surface area contributed by atoms with E-state index in [0.29, 0.717) is 18.5 Å². The second-order valence-electron chi connectivity index (χ2n) is 7.12. The number of rotatable bonds is 0. The smallest absolute Gasteiger partial charge is 0.253 e. The maximum Gasteiger partial charge on any atom is 0.253 e. The van der Waals surface area contributed by atoms with Crippen LogP contribution in [0.25, 0.3) is 11.1 Å². The summed E-state index contributed by atoms with van der Waals surface area (Å²) in [5.41, 5.74) is 1.34. The standard InChI is InChI=1S/C22H17ClF2N2O3S/c1-27-7-6-12-4-2-3-5-14(12)15-10-19(18(25)11-17(15)24)26-31(30)20-9-13(22(27)29)8-16(23)21(20)28/h2-5,8-11,26,28H,6-7H2,1H3. The number of carbonyl (C=O) groups is 1. The third-order valence-electron chi connectivity index (χ3n) is 5.11. The van der Waals surface area contributed by atoms with Gasteiger partial charge in [0.05, 0.1) is 5.02 Å². The Kier molecular flexibility index (Phi) is 5.79. The van der Waals surface area contributed by atoms with Crippen LogP contribution in [-0.2, 0) is 17.8 Å². The monoisotopic (exact) mass is 462 g/mol. The average molecular weight is 463 g/mol. The van der Waals surface area contributed by atoms with Crippen molar-refractivity contribution in [1.29, 1.82) is 0 Å². The molecule has 1 aliphatic heterocycles. The zero-order chi connectivity index (χ0) is 22.3. The van der Waals surface area contributed by atoms with Crippen LogP contribution in [0.1, 0.15) is 15.9 Å². The van der Waals surface area contributed by atoms with Crippen molar-refractivity contribution in [1.82, 2.24) is 4.90 Å². The Labute approximate surface area is 185 Å². The normalized spacial score (nSPS) is 16.4. The molecule has 4 rings (SSSR count). The highest BCUT2D eigenvalue weighted by Crippen LogP contribution is 2.36. The van der Waals surface area contributed by atoms with Crippen LogP contribution in [0.5, 0.6) is 5.75 Å². The van der Waals surface area contributed by atoms with E-state index in [1.165, 1.54) is 23.1 Å². The van der Waals surface area contributed by atoms with Gasteiger partial charge in [0.2, 0.25) is 4.90 Å². The van der Waals surface area contributed by atoms with Crippen LogP contribution >= 0.6 is 11.6 Å². The molecule has 0 saturated heterocycles. The average Bonchev–Trinajstić information content (AvgIpc) is 2.74. The highest BCUT2D eigenvalue weighted by atomic mass is 35.5.